The summed E-state index contributed by atoms with van der Waals surface area (Å²) in [5.41, 5.74) is 4.96. The van der Waals surface area contributed by atoms with E-state index in [9.17, 15) is 14.7 Å². The molecule has 4 nitrogen and oxygen atoms in total. The molecule has 30 heavy (non-hydrogen) atoms. The Labute approximate surface area is 182 Å². The lowest BCUT2D eigenvalue weighted by molar-refractivity contribution is -0.104. The van der Waals surface area contributed by atoms with Crippen LogP contribution in [0.15, 0.2) is 66.1 Å². The number of fused-ring (bicyclic) bond motifs is 1. The van der Waals surface area contributed by atoms with Crippen molar-refractivity contribution in [3.05, 3.63) is 88.4 Å². The summed E-state index contributed by atoms with van der Waals surface area (Å²) in [4.78, 5) is 21.7. The molecule has 0 radical (unpaired) electrons. The van der Waals surface area contributed by atoms with Crippen LogP contribution in [0.4, 0.5) is 5.00 Å². The molecule has 3 rings (SSSR count). The second kappa shape index (κ2) is 11.9. The lowest BCUT2D eigenvalue weighted by Gasteiger charge is -2.14. The molecular weight excluding hydrogens is 394 g/mol. The number of carbonyl (C=O) groups is 2. The Balaban J connectivity index is 0.000000303. The van der Waals surface area contributed by atoms with Gasteiger partial charge >= 0.3 is 5.97 Å². The van der Waals surface area contributed by atoms with Crippen LogP contribution >= 0.6 is 11.3 Å². The van der Waals surface area contributed by atoms with Gasteiger partial charge in [-0.2, -0.15) is 0 Å². The van der Waals surface area contributed by atoms with Gasteiger partial charge in [0.2, 0.25) is 0 Å². The first-order valence-electron chi connectivity index (χ1n) is 10.0. The maximum atomic E-state index is 11.6. The van der Waals surface area contributed by atoms with Gasteiger partial charge in [0.15, 0.2) is 0 Å². The Morgan fingerprint density at radius 3 is 2.33 bits per heavy atom. The normalized spacial score (nSPS) is 14.3. The quantitative estimate of drug-likeness (QED) is 0.258. The minimum Gasteiger partial charge on any atom is -0.478 e. The summed E-state index contributed by atoms with van der Waals surface area (Å²) in [6.07, 6.45) is 11.7. The molecule has 1 aromatic heterocycles. The fraction of sp³-hybridized carbons (Fsp3) is 0.280. The number of hydrogen-bond acceptors (Lipinski definition) is 4. The smallest absolute Gasteiger partial charge is 0.338 e. The summed E-state index contributed by atoms with van der Waals surface area (Å²) in [6, 6.07) is 8.57. The number of aldehydes is 1. The molecule has 0 fully saturated rings. The molecule has 1 aliphatic rings. The van der Waals surface area contributed by atoms with E-state index in [-0.39, 0.29) is 0 Å². The van der Waals surface area contributed by atoms with E-state index in [2.05, 4.69) is 36.2 Å². The fourth-order valence-corrected chi connectivity index (χ4v) is 4.69. The first kappa shape index (κ1) is 23.4. The summed E-state index contributed by atoms with van der Waals surface area (Å²) < 4.78 is 0. The Hall–Kier alpha value is -2.92. The van der Waals surface area contributed by atoms with Crippen molar-refractivity contribution in [3.63, 3.8) is 0 Å². The van der Waals surface area contributed by atoms with Crippen molar-refractivity contribution in [2.45, 2.75) is 38.5 Å². The second-order valence-electron chi connectivity index (χ2n) is 7.01. The van der Waals surface area contributed by atoms with Crippen molar-refractivity contribution < 1.29 is 14.7 Å². The molecular formula is C25H29NO3S. The van der Waals surface area contributed by atoms with Gasteiger partial charge in [-0.1, -0.05) is 55.1 Å². The minimum absolute atomic E-state index is 0.335. The van der Waals surface area contributed by atoms with Gasteiger partial charge in [-0.05, 0) is 60.6 Å². The molecule has 2 aromatic rings. The molecule has 0 atom stereocenters. The van der Waals surface area contributed by atoms with Crippen molar-refractivity contribution in [3.8, 4) is 0 Å². The predicted molar refractivity (Wildman–Crippen MR) is 126 cm³/mol. The van der Waals surface area contributed by atoms with E-state index < -0.39 is 5.97 Å². The highest BCUT2D eigenvalue weighted by atomic mass is 32.1. The van der Waals surface area contributed by atoms with E-state index in [1.54, 1.807) is 25.3 Å². The predicted octanol–water partition coefficient (Wildman–Crippen LogP) is 6.02. The van der Waals surface area contributed by atoms with Crippen molar-refractivity contribution >= 4 is 28.6 Å². The Morgan fingerprint density at radius 1 is 1.23 bits per heavy atom. The van der Waals surface area contributed by atoms with Crippen LogP contribution in [0.1, 0.15) is 52.7 Å². The molecule has 0 amide bonds. The van der Waals surface area contributed by atoms with Crippen LogP contribution in [0.25, 0.3) is 0 Å². The van der Waals surface area contributed by atoms with Crippen molar-refractivity contribution in [1.29, 1.82) is 0 Å². The van der Waals surface area contributed by atoms with Crippen molar-refractivity contribution in [2.75, 3.05) is 12.4 Å². The Kier molecular flexibility index (Phi) is 9.29. The zero-order valence-corrected chi connectivity index (χ0v) is 18.4. The van der Waals surface area contributed by atoms with Crippen LogP contribution in [0.5, 0.6) is 0 Å². The molecule has 1 aromatic carbocycles. The van der Waals surface area contributed by atoms with Crippen LogP contribution in [0.2, 0.25) is 0 Å². The van der Waals surface area contributed by atoms with Crippen LogP contribution < -0.4 is 5.32 Å². The van der Waals surface area contributed by atoms with E-state index >= 15 is 0 Å². The monoisotopic (exact) mass is 423 g/mol. The molecule has 0 spiro atoms. The third-order valence-electron chi connectivity index (χ3n) is 5.15. The van der Waals surface area contributed by atoms with Gasteiger partial charge < -0.3 is 10.4 Å². The highest BCUT2D eigenvalue weighted by molar-refractivity contribution is 7.14. The van der Waals surface area contributed by atoms with Crippen LogP contribution in [0.3, 0.4) is 0 Å². The lowest BCUT2D eigenvalue weighted by Crippen LogP contribution is -2.07. The molecule has 0 aliphatic heterocycles. The van der Waals surface area contributed by atoms with Gasteiger partial charge in [-0.15, -0.1) is 11.3 Å². The summed E-state index contributed by atoms with van der Waals surface area (Å²) in [6.45, 7) is 5.32. The largest absolute Gasteiger partial charge is 0.478 e. The standard InChI is InChI=1S/C17H19NO2S.C8H10O/c1-18-16-15(17(19)20)14(10-21-16)13-8-6-11-4-2-3-5-12(11)7-9-13;1-3-5-8(7-9)6-4-2/h2-5,10,13,18H,6-9H2,1H3,(H,19,20);3-7H,1H2,2H3/b;6-4-,8-5+. The van der Waals surface area contributed by atoms with Gasteiger partial charge in [0.1, 0.15) is 11.3 Å². The van der Waals surface area contributed by atoms with E-state index in [4.69, 9.17) is 0 Å². The molecule has 0 saturated heterocycles. The first-order chi connectivity index (χ1) is 14.5. The number of carboxylic acid groups (broad SMARTS) is 1. The minimum atomic E-state index is -0.822. The summed E-state index contributed by atoms with van der Waals surface area (Å²) in [5.74, 6) is -0.487. The maximum Gasteiger partial charge on any atom is 0.338 e. The molecule has 5 heteroatoms. The molecule has 1 heterocycles. The third-order valence-corrected chi connectivity index (χ3v) is 6.16. The van der Waals surface area contributed by atoms with Gasteiger partial charge in [0.05, 0.1) is 5.56 Å². The number of thiophene rings is 1. The number of anilines is 1. The summed E-state index contributed by atoms with van der Waals surface area (Å²) in [5, 5.41) is 15.3. The highest BCUT2D eigenvalue weighted by Crippen LogP contribution is 2.39. The molecule has 1 aliphatic carbocycles. The average molecular weight is 424 g/mol. The number of nitrogens with one attached hydrogen (secondary N) is 1. The number of carboxylic acids is 1. The van der Waals surface area contributed by atoms with Gasteiger partial charge in [0.25, 0.3) is 0 Å². The Morgan fingerprint density at radius 2 is 1.87 bits per heavy atom. The zero-order chi connectivity index (χ0) is 21.9. The SMILES string of the molecule is C=C/C=C(C=O)\C=C/C.CNc1scc(C2CCc3ccccc3CC2)c1C(=O)O. The molecule has 2 N–H and O–H groups in total. The van der Waals surface area contributed by atoms with E-state index in [1.165, 1.54) is 22.5 Å². The number of aromatic carboxylic acids is 1. The molecule has 0 saturated carbocycles. The number of hydrogen-bond donors (Lipinski definition) is 2. The molecule has 0 bridgehead atoms. The zero-order valence-electron chi connectivity index (χ0n) is 17.6. The number of carbonyl (C=O) groups excluding carboxylic acids is 1. The number of rotatable bonds is 6. The van der Waals surface area contributed by atoms with Crippen LogP contribution in [-0.4, -0.2) is 24.4 Å². The number of benzene rings is 1. The van der Waals surface area contributed by atoms with Crippen LogP contribution in [-0.2, 0) is 17.6 Å². The van der Waals surface area contributed by atoms with Gasteiger partial charge in [-0.25, -0.2) is 4.79 Å². The highest BCUT2D eigenvalue weighted by Gasteiger charge is 2.25. The van der Waals surface area contributed by atoms with Gasteiger partial charge in [-0.3, -0.25) is 4.79 Å². The number of aryl methyl sites for hydroxylation is 2. The lowest BCUT2D eigenvalue weighted by atomic mass is 9.90. The average Bonchev–Trinajstić information content (AvgIpc) is 3.07. The molecule has 158 valence electrons. The fourth-order valence-electron chi connectivity index (χ4n) is 3.70. The van der Waals surface area contributed by atoms with E-state index in [1.807, 2.05) is 18.4 Å². The van der Waals surface area contributed by atoms with E-state index in [0.717, 1.165) is 42.5 Å². The topological polar surface area (TPSA) is 66.4 Å². The first-order valence-corrected chi connectivity index (χ1v) is 10.9. The molecule has 0 unspecified atom stereocenters. The Bertz CT molecular complexity index is 913. The van der Waals surface area contributed by atoms with Crippen LogP contribution in [0, 0.1) is 0 Å². The van der Waals surface area contributed by atoms with Crippen molar-refractivity contribution in [1.82, 2.24) is 0 Å². The van der Waals surface area contributed by atoms with E-state index in [0.29, 0.717) is 17.1 Å². The van der Waals surface area contributed by atoms with Gasteiger partial charge in [0, 0.05) is 12.6 Å². The summed E-state index contributed by atoms with van der Waals surface area (Å²) >= 11 is 1.50. The second-order valence-corrected chi connectivity index (χ2v) is 7.89. The third kappa shape index (κ3) is 6.04. The number of allylic oxidation sites excluding steroid dienone is 5. The maximum absolute atomic E-state index is 11.6. The van der Waals surface area contributed by atoms with Crippen molar-refractivity contribution in [2.24, 2.45) is 0 Å². The summed E-state index contributed by atoms with van der Waals surface area (Å²) in [7, 11) is 1.78.